The lowest BCUT2D eigenvalue weighted by molar-refractivity contribution is -0.282. The lowest BCUT2D eigenvalue weighted by Gasteiger charge is -2.39. The summed E-state index contributed by atoms with van der Waals surface area (Å²) >= 11 is 0. The van der Waals surface area contributed by atoms with Gasteiger partial charge in [-0.15, -0.1) is 0 Å². The number of carbonyl (C=O) groups excluding carboxylic acids is 2. The second-order valence-corrected chi connectivity index (χ2v) is 18.4. The SMILES string of the molecule is CO[C@](C(=O)O[C@H](CC/C(C)=C/CC/C(C)=C/CC/C=C(\C)CC[C@@H](OC(=O)[C@@](OC)(c1ccccc1)C(F)(F)F)[C@]1(C)CC[C@H](C(C)(C)O)O1)C(C)(C)O)(c1ccccc1)C(F)(F)F. The Morgan fingerprint density at radius 3 is 1.51 bits per heavy atom. The van der Waals surface area contributed by atoms with Crippen LogP contribution in [0.25, 0.3) is 0 Å². The van der Waals surface area contributed by atoms with Crippen molar-refractivity contribution in [3.63, 3.8) is 0 Å². The summed E-state index contributed by atoms with van der Waals surface area (Å²) in [7, 11) is 1.61. The normalized spacial score (nSPS) is 21.0. The van der Waals surface area contributed by atoms with Crippen molar-refractivity contribution in [2.45, 2.75) is 178 Å². The smallest absolute Gasteiger partial charge is 0.432 e. The van der Waals surface area contributed by atoms with Crippen LogP contribution < -0.4 is 0 Å². The number of unbranched alkanes of at least 4 members (excludes halogenated alkanes) is 1. The van der Waals surface area contributed by atoms with Gasteiger partial charge < -0.3 is 33.9 Å². The van der Waals surface area contributed by atoms with Gasteiger partial charge in [0.05, 0.1) is 17.3 Å². The van der Waals surface area contributed by atoms with Crippen LogP contribution in [0.1, 0.15) is 131 Å². The summed E-state index contributed by atoms with van der Waals surface area (Å²) in [5, 5.41) is 21.5. The first-order chi connectivity index (χ1) is 30.1. The van der Waals surface area contributed by atoms with Gasteiger partial charge in [-0.25, -0.2) is 9.59 Å². The number of allylic oxidation sites excluding steroid dienone is 6. The quantitative estimate of drug-likeness (QED) is 0.0486. The molecule has 0 spiro atoms. The van der Waals surface area contributed by atoms with Gasteiger partial charge in [0.1, 0.15) is 17.8 Å². The predicted octanol–water partition coefficient (Wildman–Crippen LogP) is 11.5. The van der Waals surface area contributed by atoms with Crippen LogP contribution in [0, 0.1) is 0 Å². The Balaban J connectivity index is 1.62. The first-order valence-electron chi connectivity index (χ1n) is 22.0. The van der Waals surface area contributed by atoms with Crippen LogP contribution in [0.5, 0.6) is 0 Å². The molecule has 0 aromatic heterocycles. The Hall–Kier alpha value is -4.02. The Labute approximate surface area is 380 Å². The van der Waals surface area contributed by atoms with Crippen LogP contribution in [-0.4, -0.2) is 83.8 Å². The molecular weight excluding hydrogens is 859 g/mol. The summed E-state index contributed by atoms with van der Waals surface area (Å²) in [6.07, 6.45) is -2.68. The summed E-state index contributed by atoms with van der Waals surface area (Å²) in [6, 6.07) is 13.1. The number of methoxy groups -OCH3 is 2. The molecule has 0 unspecified atom stereocenters. The van der Waals surface area contributed by atoms with E-state index in [9.17, 15) is 46.1 Å². The predicted molar refractivity (Wildman–Crippen MR) is 235 cm³/mol. The molecule has 1 aliphatic heterocycles. The summed E-state index contributed by atoms with van der Waals surface area (Å²) < 4.78 is 115. The number of carbonyl (C=O) groups is 2. The van der Waals surface area contributed by atoms with Gasteiger partial charge in [-0.3, -0.25) is 0 Å². The van der Waals surface area contributed by atoms with Crippen molar-refractivity contribution in [3.8, 4) is 0 Å². The standard InChI is InChI=1S/C50H68F6O9/c1-34(22-19-23-36(3)28-30-39(44(4,5)59)63-42(57)47(61-9,49(51,52)53)37-24-13-11-14-25-37)20-17-18-21-35(2)29-31-41(46(8)33-32-40(65-46)45(6,7)60)64-43(58)48(62-10,50(54,55)56)38-26-15-12-16-27-38/h11-16,20-21,23-27,39-41,59-60H,17-19,22,28-33H2,1-10H3/b34-20+,35-21+,36-23+/t39-,40-,41-,46+,47+,48+/m1/s1. The number of hydrogen-bond donors (Lipinski definition) is 2. The lowest BCUT2D eigenvalue weighted by Crippen LogP contribution is -2.55. The van der Waals surface area contributed by atoms with E-state index in [4.69, 9.17) is 23.7 Å². The van der Waals surface area contributed by atoms with Crippen molar-refractivity contribution in [3.05, 3.63) is 107 Å². The van der Waals surface area contributed by atoms with Crippen LogP contribution in [0.3, 0.4) is 0 Å². The van der Waals surface area contributed by atoms with Gasteiger partial charge in [0, 0.05) is 25.3 Å². The molecule has 0 bridgehead atoms. The number of halogens is 6. The number of alkyl halides is 6. The number of esters is 2. The minimum absolute atomic E-state index is 0.0660. The topological polar surface area (TPSA) is 121 Å². The molecule has 1 fully saturated rings. The van der Waals surface area contributed by atoms with Crippen molar-refractivity contribution in [1.29, 1.82) is 0 Å². The van der Waals surface area contributed by atoms with Gasteiger partial charge in [-0.05, 0) is 120 Å². The highest BCUT2D eigenvalue weighted by Crippen LogP contribution is 2.47. The molecule has 2 aromatic carbocycles. The molecule has 9 nitrogen and oxygen atoms in total. The van der Waals surface area contributed by atoms with E-state index in [1.807, 2.05) is 32.9 Å². The summed E-state index contributed by atoms with van der Waals surface area (Å²) in [6.45, 7) is 13.4. The lowest BCUT2D eigenvalue weighted by atomic mass is 9.88. The van der Waals surface area contributed by atoms with E-state index in [-0.39, 0.29) is 12.8 Å². The van der Waals surface area contributed by atoms with E-state index in [2.05, 4.69) is 6.08 Å². The van der Waals surface area contributed by atoms with Crippen LogP contribution in [0.15, 0.2) is 95.6 Å². The first-order valence-corrected chi connectivity index (χ1v) is 22.0. The van der Waals surface area contributed by atoms with Gasteiger partial charge >= 0.3 is 24.3 Å². The molecular formula is C50H68F6O9. The van der Waals surface area contributed by atoms with E-state index in [0.29, 0.717) is 44.9 Å². The molecule has 2 aromatic rings. The van der Waals surface area contributed by atoms with Crippen molar-refractivity contribution < 1.29 is 69.8 Å². The van der Waals surface area contributed by atoms with Gasteiger partial charge in [-0.1, -0.05) is 95.6 Å². The molecule has 0 amide bonds. The highest BCUT2D eigenvalue weighted by Gasteiger charge is 2.66. The van der Waals surface area contributed by atoms with Gasteiger partial charge in [0.15, 0.2) is 0 Å². The molecule has 65 heavy (non-hydrogen) atoms. The third-order valence-electron chi connectivity index (χ3n) is 12.2. The Morgan fingerprint density at radius 1 is 0.692 bits per heavy atom. The van der Waals surface area contributed by atoms with E-state index in [0.717, 1.165) is 49.5 Å². The molecule has 1 heterocycles. The first kappa shape index (κ1) is 55.3. The molecule has 364 valence electrons. The molecule has 0 saturated carbocycles. The van der Waals surface area contributed by atoms with Gasteiger partial charge in [-0.2, -0.15) is 26.3 Å². The fraction of sp³-hybridized carbons (Fsp3) is 0.600. The van der Waals surface area contributed by atoms with E-state index < -0.39 is 81.7 Å². The highest BCUT2D eigenvalue weighted by atomic mass is 19.4. The van der Waals surface area contributed by atoms with Gasteiger partial charge in [0.2, 0.25) is 0 Å². The third kappa shape index (κ3) is 14.0. The average Bonchev–Trinajstić information content (AvgIpc) is 3.63. The Morgan fingerprint density at radius 2 is 1.11 bits per heavy atom. The van der Waals surface area contributed by atoms with Crippen LogP contribution >= 0.6 is 0 Å². The maximum Gasteiger partial charge on any atom is 0.432 e. The molecule has 1 aliphatic rings. The second-order valence-electron chi connectivity index (χ2n) is 18.4. The highest BCUT2D eigenvalue weighted by molar-refractivity contribution is 5.83. The van der Waals surface area contributed by atoms with E-state index >= 15 is 0 Å². The minimum atomic E-state index is -5.15. The zero-order valence-electron chi connectivity index (χ0n) is 39.3. The van der Waals surface area contributed by atoms with Crippen molar-refractivity contribution >= 4 is 11.9 Å². The number of aliphatic hydroxyl groups is 2. The fourth-order valence-corrected chi connectivity index (χ4v) is 8.07. The number of benzene rings is 2. The zero-order chi connectivity index (χ0) is 49.1. The van der Waals surface area contributed by atoms with Crippen LogP contribution in [-0.2, 0) is 44.5 Å². The maximum absolute atomic E-state index is 14.8. The monoisotopic (exact) mass is 926 g/mol. The molecule has 2 N–H and O–H groups in total. The molecule has 0 aliphatic carbocycles. The summed E-state index contributed by atoms with van der Waals surface area (Å²) in [5.41, 5.74) is -8.72. The van der Waals surface area contributed by atoms with Gasteiger partial charge in [0.25, 0.3) is 11.2 Å². The largest absolute Gasteiger partial charge is 0.457 e. The van der Waals surface area contributed by atoms with Crippen LogP contribution in [0.2, 0.25) is 0 Å². The number of hydrogen-bond acceptors (Lipinski definition) is 9. The number of ether oxygens (including phenoxy) is 5. The molecule has 3 rings (SSSR count). The van der Waals surface area contributed by atoms with Crippen molar-refractivity contribution in [2.75, 3.05) is 14.2 Å². The zero-order valence-corrected chi connectivity index (χ0v) is 39.3. The molecule has 15 heteroatoms. The van der Waals surface area contributed by atoms with Crippen molar-refractivity contribution in [2.24, 2.45) is 0 Å². The van der Waals surface area contributed by atoms with E-state index in [1.54, 1.807) is 20.8 Å². The molecule has 1 saturated heterocycles. The Kier molecular flexibility index (Phi) is 19.3. The molecule has 0 radical (unpaired) electrons. The fourth-order valence-electron chi connectivity index (χ4n) is 8.07. The van der Waals surface area contributed by atoms with E-state index in [1.165, 1.54) is 62.4 Å². The third-order valence-corrected chi connectivity index (χ3v) is 12.2. The average molecular weight is 927 g/mol. The second kappa shape index (κ2) is 22.6. The summed E-state index contributed by atoms with van der Waals surface area (Å²) in [5.74, 6) is -3.27. The molecule has 6 atom stereocenters. The maximum atomic E-state index is 14.8. The minimum Gasteiger partial charge on any atom is -0.457 e. The van der Waals surface area contributed by atoms with Crippen LogP contribution in [0.4, 0.5) is 26.3 Å². The number of rotatable bonds is 23. The Bertz CT molecular complexity index is 1930. The summed E-state index contributed by atoms with van der Waals surface area (Å²) in [4.78, 5) is 27.0. The van der Waals surface area contributed by atoms with Crippen molar-refractivity contribution in [1.82, 2.24) is 0 Å².